The number of methoxy groups -OCH3 is 1. The Kier molecular flexibility index (Phi) is 2.44. The maximum Gasteiger partial charge on any atom is 0.265 e. The zero-order chi connectivity index (χ0) is 8.97. The number of hydrogen-bond acceptors (Lipinski definition) is 3. The predicted molar refractivity (Wildman–Crippen MR) is 42.9 cm³/mol. The lowest BCUT2D eigenvalue weighted by atomic mass is 10.1. The molecular formula is C9H7NO2. The average molecular weight is 161 g/mol. The van der Waals surface area contributed by atoms with Crippen LogP contribution in [0.3, 0.4) is 0 Å². The minimum atomic E-state index is -0.576. The van der Waals surface area contributed by atoms with Gasteiger partial charge in [0.2, 0.25) is 0 Å². The number of nitriles is 1. The van der Waals surface area contributed by atoms with Gasteiger partial charge in [-0.05, 0) is 12.1 Å². The number of para-hydroxylation sites is 1. The molecule has 0 saturated heterocycles. The largest absolute Gasteiger partial charge is 0.496 e. The third-order valence-electron chi connectivity index (χ3n) is 1.45. The summed E-state index contributed by atoms with van der Waals surface area (Å²) in [6.45, 7) is 0. The monoisotopic (exact) mass is 161 g/mol. The molecule has 60 valence electrons. The smallest absolute Gasteiger partial charge is 0.265 e. The summed E-state index contributed by atoms with van der Waals surface area (Å²) in [6, 6.07) is 8.17. The van der Waals surface area contributed by atoms with Gasteiger partial charge in [-0.25, -0.2) is 0 Å². The van der Waals surface area contributed by atoms with Gasteiger partial charge in [0.15, 0.2) is 0 Å². The number of ether oxygens (including phenoxy) is 1. The molecule has 0 aliphatic carbocycles. The van der Waals surface area contributed by atoms with Gasteiger partial charge in [-0.15, -0.1) is 0 Å². The molecule has 1 rings (SSSR count). The Bertz CT molecular complexity index is 339. The molecule has 0 radical (unpaired) electrons. The first-order valence-electron chi connectivity index (χ1n) is 3.37. The van der Waals surface area contributed by atoms with Crippen molar-refractivity contribution in [3.05, 3.63) is 29.8 Å². The van der Waals surface area contributed by atoms with Gasteiger partial charge in [-0.2, -0.15) is 5.26 Å². The molecule has 0 aromatic heterocycles. The van der Waals surface area contributed by atoms with E-state index in [1.165, 1.54) is 13.2 Å². The van der Waals surface area contributed by atoms with Gasteiger partial charge < -0.3 is 4.74 Å². The molecule has 0 bridgehead atoms. The number of Topliss-reactive ketones (excluding diaryl/α,β-unsaturated/α-hetero) is 1. The van der Waals surface area contributed by atoms with E-state index in [1.54, 1.807) is 24.3 Å². The quantitative estimate of drug-likeness (QED) is 0.486. The van der Waals surface area contributed by atoms with Crippen LogP contribution < -0.4 is 4.74 Å². The van der Waals surface area contributed by atoms with E-state index in [2.05, 4.69) is 0 Å². The van der Waals surface area contributed by atoms with Gasteiger partial charge in [-0.3, -0.25) is 4.79 Å². The summed E-state index contributed by atoms with van der Waals surface area (Å²) in [7, 11) is 1.46. The number of carbonyl (C=O) groups excluding carboxylic acids is 1. The zero-order valence-corrected chi connectivity index (χ0v) is 6.57. The van der Waals surface area contributed by atoms with E-state index in [0.29, 0.717) is 11.3 Å². The SMILES string of the molecule is COc1ccccc1C(=O)C#N. The van der Waals surface area contributed by atoms with Crippen LogP contribution in [0.15, 0.2) is 24.3 Å². The standard InChI is InChI=1S/C9H7NO2/c1-12-9-5-3-2-4-7(9)8(11)6-10/h2-5H,1H3. The topological polar surface area (TPSA) is 50.1 Å². The number of nitrogens with zero attached hydrogens (tertiary/aromatic N) is 1. The molecule has 0 aliphatic heterocycles. The van der Waals surface area contributed by atoms with Gasteiger partial charge in [0, 0.05) is 0 Å². The third-order valence-corrected chi connectivity index (χ3v) is 1.45. The van der Waals surface area contributed by atoms with Crippen LogP contribution in [0, 0.1) is 11.3 Å². The first kappa shape index (κ1) is 8.28. The summed E-state index contributed by atoms with van der Waals surface area (Å²) < 4.78 is 4.90. The molecule has 0 fully saturated rings. The Balaban J connectivity index is 3.15. The Morgan fingerprint density at radius 3 is 2.75 bits per heavy atom. The van der Waals surface area contributed by atoms with E-state index < -0.39 is 5.78 Å². The molecule has 3 heteroatoms. The summed E-state index contributed by atoms with van der Waals surface area (Å²) >= 11 is 0. The van der Waals surface area contributed by atoms with E-state index >= 15 is 0 Å². The second kappa shape index (κ2) is 3.54. The highest BCUT2D eigenvalue weighted by Gasteiger charge is 2.09. The van der Waals surface area contributed by atoms with Crippen molar-refractivity contribution in [3.8, 4) is 11.8 Å². The van der Waals surface area contributed by atoms with Gasteiger partial charge >= 0.3 is 0 Å². The fourth-order valence-electron chi connectivity index (χ4n) is 0.892. The number of ketones is 1. The molecule has 0 amide bonds. The number of carbonyl (C=O) groups is 1. The highest BCUT2D eigenvalue weighted by atomic mass is 16.5. The fraction of sp³-hybridized carbons (Fsp3) is 0.111. The molecule has 12 heavy (non-hydrogen) atoms. The minimum absolute atomic E-state index is 0.308. The molecular weight excluding hydrogens is 154 g/mol. The zero-order valence-electron chi connectivity index (χ0n) is 6.57. The average Bonchev–Trinajstić information content (AvgIpc) is 2.16. The summed E-state index contributed by atoms with van der Waals surface area (Å²) in [6.07, 6.45) is 0. The van der Waals surface area contributed by atoms with E-state index in [0.717, 1.165) is 0 Å². The molecule has 0 heterocycles. The first-order chi connectivity index (χ1) is 5.79. The van der Waals surface area contributed by atoms with Gasteiger partial charge in [0.05, 0.1) is 12.7 Å². The number of hydrogen-bond donors (Lipinski definition) is 0. The van der Waals surface area contributed by atoms with Gasteiger partial charge in [0.1, 0.15) is 11.8 Å². The van der Waals surface area contributed by atoms with E-state index in [9.17, 15) is 4.79 Å². The Hall–Kier alpha value is -1.82. The van der Waals surface area contributed by atoms with Gasteiger partial charge in [-0.1, -0.05) is 12.1 Å². The fourth-order valence-corrected chi connectivity index (χ4v) is 0.892. The van der Waals surface area contributed by atoms with E-state index in [4.69, 9.17) is 10.00 Å². The summed E-state index contributed by atoms with van der Waals surface area (Å²) in [5.74, 6) is -0.142. The lowest BCUT2D eigenvalue weighted by molar-refractivity contribution is 0.105. The Morgan fingerprint density at radius 1 is 1.50 bits per heavy atom. The maximum absolute atomic E-state index is 11.0. The van der Waals surface area contributed by atoms with Crippen molar-refractivity contribution in [3.63, 3.8) is 0 Å². The molecule has 3 nitrogen and oxygen atoms in total. The Labute approximate surface area is 70.2 Å². The van der Waals surface area contributed by atoms with Gasteiger partial charge in [0.25, 0.3) is 5.78 Å². The lowest BCUT2D eigenvalue weighted by Crippen LogP contribution is -1.98. The van der Waals surface area contributed by atoms with Crippen molar-refractivity contribution >= 4 is 5.78 Å². The molecule has 1 aromatic carbocycles. The van der Waals surface area contributed by atoms with Crippen molar-refractivity contribution in [2.75, 3.05) is 7.11 Å². The van der Waals surface area contributed by atoms with Crippen LogP contribution in [0.2, 0.25) is 0 Å². The van der Waals surface area contributed by atoms with Crippen molar-refractivity contribution in [2.45, 2.75) is 0 Å². The first-order valence-corrected chi connectivity index (χ1v) is 3.37. The van der Waals surface area contributed by atoms with Crippen molar-refractivity contribution in [2.24, 2.45) is 0 Å². The molecule has 0 spiro atoms. The highest BCUT2D eigenvalue weighted by Crippen LogP contribution is 2.16. The molecule has 0 unspecified atom stereocenters. The second-order valence-corrected chi connectivity index (χ2v) is 2.14. The third kappa shape index (κ3) is 1.43. The number of rotatable bonds is 2. The number of benzene rings is 1. The van der Waals surface area contributed by atoms with Crippen molar-refractivity contribution in [1.29, 1.82) is 5.26 Å². The Morgan fingerprint density at radius 2 is 2.17 bits per heavy atom. The van der Waals surface area contributed by atoms with Crippen molar-refractivity contribution < 1.29 is 9.53 Å². The highest BCUT2D eigenvalue weighted by molar-refractivity contribution is 6.09. The normalized spacial score (nSPS) is 8.67. The summed E-state index contributed by atoms with van der Waals surface area (Å²) in [5, 5.41) is 8.35. The van der Waals surface area contributed by atoms with Crippen LogP contribution in [-0.2, 0) is 0 Å². The minimum Gasteiger partial charge on any atom is -0.496 e. The van der Waals surface area contributed by atoms with E-state index in [1.807, 2.05) is 0 Å². The molecule has 1 aromatic rings. The predicted octanol–water partition coefficient (Wildman–Crippen LogP) is 1.40. The van der Waals surface area contributed by atoms with Crippen LogP contribution in [-0.4, -0.2) is 12.9 Å². The van der Waals surface area contributed by atoms with Crippen LogP contribution >= 0.6 is 0 Å². The lowest BCUT2D eigenvalue weighted by Gasteiger charge is -2.01. The van der Waals surface area contributed by atoms with Crippen LogP contribution in [0.4, 0.5) is 0 Å². The van der Waals surface area contributed by atoms with Crippen LogP contribution in [0.25, 0.3) is 0 Å². The second-order valence-electron chi connectivity index (χ2n) is 2.14. The summed E-state index contributed by atoms with van der Waals surface area (Å²) in [4.78, 5) is 11.0. The maximum atomic E-state index is 11.0. The molecule has 0 N–H and O–H groups in total. The van der Waals surface area contributed by atoms with Crippen molar-refractivity contribution in [1.82, 2.24) is 0 Å². The van der Waals surface area contributed by atoms with Crippen LogP contribution in [0.1, 0.15) is 10.4 Å². The summed E-state index contributed by atoms with van der Waals surface area (Å²) in [5.41, 5.74) is 0.308. The van der Waals surface area contributed by atoms with E-state index in [-0.39, 0.29) is 0 Å². The molecule has 0 atom stereocenters. The van der Waals surface area contributed by atoms with Crippen LogP contribution in [0.5, 0.6) is 5.75 Å². The molecule has 0 saturated carbocycles. The molecule has 0 aliphatic rings.